The first-order valence-corrected chi connectivity index (χ1v) is 7.19. The van der Waals surface area contributed by atoms with Gasteiger partial charge >= 0.3 is 11.8 Å². The predicted molar refractivity (Wildman–Crippen MR) is 59.1 cm³/mol. The van der Waals surface area contributed by atoms with Gasteiger partial charge < -0.3 is 17.8 Å². The zero-order valence-electron chi connectivity index (χ0n) is 10.5. The second kappa shape index (κ2) is 6.34. The quantitative estimate of drug-likeness (QED) is 0.617. The maximum absolute atomic E-state index is 11.1. The van der Waals surface area contributed by atoms with Gasteiger partial charge in [-0.25, -0.2) is 0 Å². The molecule has 0 bridgehead atoms. The van der Waals surface area contributed by atoms with E-state index in [1.165, 1.54) is 25.9 Å². The minimum Gasteiger partial charge on any atom is -0.436 e. The van der Waals surface area contributed by atoms with E-state index in [-0.39, 0.29) is 0 Å². The molecule has 0 atom stereocenters. The fourth-order valence-corrected chi connectivity index (χ4v) is 1.86. The van der Waals surface area contributed by atoms with E-state index in [1.807, 2.05) is 0 Å². The second-order valence-electron chi connectivity index (χ2n) is 4.53. The van der Waals surface area contributed by atoms with E-state index in [0.29, 0.717) is 0 Å². The minimum absolute atomic E-state index is 0.859. The molecule has 0 spiro atoms. The van der Waals surface area contributed by atoms with Gasteiger partial charge in [0.25, 0.3) is 0 Å². The van der Waals surface area contributed by atoms with Crippen molar-refractivity contribution >= 4 is 15.9 Å². The van der Waals surface area contributed by atoms with Crippen LogP contribution in [0.5, 0.6) is 0 Å². The Labute approximate surface area is 107 Å². The Hall–Kier alpha value is -0.445. The molecule has 0 aliphatic carbocycles. The summed E-state index contributed by atoms with van der Waals surface area (Å²) in [6, 6.07) is 0.859. The molecule has 1 heterocycles. The Morgan fingerprint density at radius 3 is 1.53 bits per heavy atom. The van der Waals surface area contributed by atoms with Crippen LogP contribution in [0.15, 0.2) is 0 Å². The second-order valence-corrected chi connectivity index (χ2v) is 6.61. The van der Waals surface area contributed by atoms with Crippen LogP contribution in [0, 0.1) is 0 Å². The van der Waals surface area contributed by atoms with Crippen molar-refractivity contribution in [2.45, 2.75) is 38.2 Å². The third-order valence-corrected chi connectivity index (χ3v) is 4.09. The Bertz CT molecular complexity index is 352. The molecule has 1 aliphatic rings. The highest BCUT2D eigenvalue weighted by molar-refractivity contribution is 8.20. The van der Waals surface area contributed by atoms with Crippen LogP contribution in [0.4, 0.5) is 26.1 Å². The highest BCUT2D eigenvalue weighted by atomic mass is 32.2. The predicted octanol–water partition coefficient (Wildman–Crippen LogP) is 1.34. The first-order chi connectivity index (χ1) is 8.30. The summed E-state index contributed by atoms with van der Waals surface area (Å²) in [5.74, 6) is 0. The van der Waals surface area contributed by atoms with Gasteiger partial charge in [-0.15, -0.1) is 0 Å². The lowest BCUT2D eigenvalue weighted by Gasteiger charge is -2.16. The van der Waals surface area contributed by atoms with Crippen LogP contribution >= 0.6 is 0 Å². The third kappa shape index (κ3) is 5.21. The average Bonchev–Trinajstić information content (AvgIpc) is 2.67. The van der Waals surface area contributed by atoms with Crippen LogP contribution in [0.2, 0.25) is 0 Å². The molecule has 11 heteroatoms. The fraction of sp³-hybridized carbons (Fsp3) is 1.00. The van der Waals surface area contributed by atoms with Crippen LogP contribution < -0.4 is 4.90 Å². The molecule has 3 nitrogen and oxygen atoms in total. The summed E-state index contributed by atoms with van der Waals surface area (Å²) in [7, 11) is -6.95. The maximum atomic E-state index is 11.1. The van der Waals surface area contributed by atoms with Crippen LogP contribution in [0.25, 0.3) is 0 Å². The average molecular weight is 315 g/mol. The lowest BCUT2D eigenvalue weighted by molar-refractivity contribution is -0.909. The van der Waals surface area contributed by atoms with Gasteiger partial charge in [-0.2, -0.15) is 13.2 Å². The van der Waals surface area contributed by atoms with Crippen molar-refractivity contribution in [3.8, 4) is 0 Å². The number of hydrogen-bond acceptors (Lipinski definition) is 2. The number of halogens is 6. The van der Waals surface area contributed by atoms with E-state index in [0.717, 1.165) is 6.04 Å². The van der Waals surface area contributed by atoms with Crippen molar-refractivity contribution in [2.24, 2.45) is 0 Å². The van der Waals surface area contributed by atoms with Crippen LogP contribution in [0.3, 0.4) is 0 Å². The van der Waals surface area contributed by atoms with E-state index in [1.54, 1.807) is 4.90 Å². The lowest BCUT2D eigenvalue weighted by Crippen LogP contribution is -3.13. The largest absolute Gasteiger partial charge is 0.616 e. The number of nitrogens with one attached hydrogen (secondary N) is 1. The fourth-order valence-electron chi connectivity index (χ4n) is 1.56. The zero-order chi connectivity index (χ0) is 15.5. The Balaban J connectivity index is 0.000000356. The molecule has 0 amide bonds. The van der Waals surface area contributed by atoms with Crippen molar-refractivity contribution in [3.05, 3.63) is 0 Å². The molecule has 0 aromatic heterocycles. The highest BCUT2D eigenvalue weighted by Gasteiger charge is 2.58. The molecule has 1 fully saturated rings. The topological polar surface area (TPSA) is 38.6 Å². The van der Waals surface area contributed by atoms with Gasteiger partial charge in [-0.1, -0.05) is 0 Å². The summed E-state index contributed by atoms with van der Waals surface area (Å²) < 4.78 is 85.3. The molecule has 1 N–H and O–H groups in total. The van der Waals surface area contributed by atoms with Gasteiger partial charge in [-0.3, -0.25) is 8.42 Å². The maximum Gasteiger partial charge on any atom is 0.616 e. The van der Waals surface area contributed by atoms with E-state index in [9.17, 15) is 34.5 Å². The van der Waals surface area contributed by atoms with Gasteiger partial charge in [0.1, 0.15) is 0 Å². The number of quaternary nitrogens is 1. The third-order valence-electron chi connectivity index (χ3n) is 2.74. The number of hydrogen-bond donors (Lipinski definition) is 1. The molecule has 1 rings (SSSR count). The molecule has 0 aromatic rings. The first kappa shape index (κ1) is 18.6. The highest BCUT2D eigenvalue weighted by Crippen LogP contribution is 2.33. The van der Waals surface area contributed by atoms with Crippen molar-refractivity contribution in [3.63, 3.8) is 0 Å². The summed E-state index contributed by atoms with van der Waals surface area (Å²) in [4.78, 5) is 1.80. The standard InChI is InChI=1S/C7H15N.CBF6O2S/c1-7(2)8-5-3-4-6-8;3-1(4,5)11(9,10)2(6,7)8/h7H,3-6H2,1-2H3;/q;-1/p+1. The van der Waals surface area contributed by atoms with Crippen molar-refractivity contribution in [1.82, 2.24) is 0 Å². The Morgan fingerprint density at radius 1 is 1.05 bits per heavy atom. The van der Waals surface area contributed by atoms with Crippen LogP contribution in [-0.2, 0) is 9.69 Å². The number of likely N-dealkylation sites (tertiary alicyclic amines) is 1. The Morgan fingerprint density at radius 2 is 1.42 bits per heavy atom. The molecule has 116 valence electrons. The molecule has 1 aliphatic heterocycles. The van der Waals surface area contributed by atoms with Crippen LogP contribution in [-0.4, -0.2) is 39.3 Å². The van der Waals surface area contributed by atoms with Crippen molar-refractivity contribution in [1.29, 1.82) is 0 Å². The first-order valence-electron chi connectivity index (χ1n) is 5.65. The Kier molecular flexibility index (Phi) is 6.19. The van der Waals surface area contributed by atoms with Crippen LogP contribution in [0.1, 0.15) is 26.7 Å². The van der Waals surface area contributed by atoms with Crippen molar-refractivity contribution in [2.75, 3.05) is 13.1 Å². The van der Waals surface area contributed by atoms with E-state index in [4.69, 9.17) is 0 Å². The monoisotopic (exact) mass is 315 g/mol. The summed E-state index contributed by atoms with van der Waals surface area (Å²) in [6.07, 6.45) is -4.00. The SMILES string of the molecule is CC(C)[NH+]1CCCC1.O=S(=O)([B-](F)(F)F)C(F)(F)F. The normalized spacial score (nSPS) is 18.4. The van der Waals surface area contributed by atoms with E-state index >= 15 is 0 Å². The summed E-state index contributed by atoms with van der Waals surface area (Å²) in [5.41, 5.74) is -6.24. The summed E-state index contributed by atoms with van der Waals surface area (Å²) >= 11 is 0. The lowest BCUT2D eigenvalue weighted by atomic mass is 10.3. The number of alkyl halides is 3. The van der Waals surface area contributed by atoms with Gasteiger partial charge in [-0.05, 0) is 13.8 Å². The van der Waals surface area contributed by atoms with Gasteiger partial charge in [0, 0.05) is 12.8 Å². The van der Waals surface area contributed by atoms with Gasteiger partial charge in [0.2, 0.25) is 9.69 Å². The summed E-state index contributed by atoms with van der Waals surface area (Å²) in [5, 5.41) is 0. The van der Waals surface area contributed by atoms with E-state index < -0.39 is 21.5 Å². The molecule has 0 unspecified atom stereocenters. The van der Waals surface area contributed by atoms with Gasteiger partial charge in [0.05, 0.1) is 19.1 Å². The molecule has 0 saturated carbocycles. The zero-order valence-corrected chi connectivity index (χ0v) is 11.3. The smallest absolute Gasteiger partial charge is 0.436 e. The molecule has 1 saturated heterocycles. The number of rotatable bonds is 2. The molecular formula is C8H16BF6NO2S. The molecular weight excluding hydrogens is 299 g/mol. The molecule has 19 heavy (non-hydrogen) atoms. The van der Waals surface area contributed by atoms with E-state index in [2.05, 4.69) is 13.8 Å². The van der Waals surface area contributed by atoms with Gasteiger partial charge in [0.15, 0.2) is 0 Å². The minimum atomic E-state index is -6.95. The van der Waals surface area contributed by atoms with Crippen molar-refractivity contribution < 1.29 is 39.4 Å². The molecule has 0 aromatic carbocycles. The molecule has 0 radical (unpaired) electrons. The summed E-state index contributed by atoms with van der Waals surface area (Å²) in [6.45, 7) is 7.44.